The molecule has 0 aliphatic heterocycles. The molecule has 0 aliphatic rings. The van der Waals surface area contributed by atoms with Gasteiger partial charge in [-0.1, -0.05) is 13.0 Å². The molecule has 0 bridgehead atoms. The lowest BCUT2D eigenvalue weighted by atomic mass is 10.2. The molecule has 0 aromatic carbocycles. The van der Waals surface area contributed by atoms with Crippen molar-refractivity contribution in [3.63, 3.8) is 0 Å². The van der Waals surface area contributed by atoms with Gasteiger partial charge in [-0.15, -0.1) is 11.3 Å². The molecule has 0 unspecified atom stereocenters. The molecule has 5 nitrogen and oxygen atoms in total. The van der Waals surface area contributed by atoms with Crippen LogP contribution in [0.1, 0.15) is 18.2 Å². The minimum atomic E-state index is -1.01. The standard InChI is InChI=1S/C11H16N2O3S/c1-2-9(10(14)15)13-11(16)12-6-5-8-4-3-7-17-8/h3-4,7,9H,2,5-6H2,1H3,(H,14,15)(H2,12,13,16)/t9-/m0/s1. The molecule has 2 amide bonds. The summed E-state index contributed by atoms with van der Waals surface area (Å²) in [6, 6.07) is 2.70. The number of carboxylic acids is 1. The minimum absolute atomic E-state index is 0.369. The van der Waals surface area contributed by atoms with Gasteiger partial charge in [0.1, 0.15) is 6.04 Å². The van der Waals surface area contributed by atoms with Crippen LogP contribution in [0.5, 0.6) is 0 Å². The molecule has 0 spiro atoms. The van der Waals surface area contributed by atoms with Gasteiger partial charge < -0.3 is 15.7 Å². The van der Waals surface area contributed by atoms with Crippen molar-refractivity contribution >= 4 is 23.3 Å². The molecule has 1 aromatic rings. The number of hydrogen-bond acceptors (Lipinski definition) is 3. The highest BCUT2D eigenvalue weighted by Gasteiger charge is 2.16. The van der Waals surface area contributed by atoms with Gasteiger partial charge >= 0.3 is 12.0 Å². The zero-order valence-electron chi connectivity index (χ0n) is 9.60. The van der Waals surface area contributed by atoms with E-state index in [-0.39, 0.29) is 0 Å². The molecular weight excluding hydrogens is 240 g/mol. The second kappa shape index (κ2) is 6.90. The van der Waals surface area contributed by atoms with Crippen LogP contribution in [0.25, 0.3) is 0 Å². The van der Waals surface area contributed by atoms with Crippen LogP contribution in [0.3, 0.4) is 0 Å². The molecule has 1 heterocycles. The first-order valence-electron chi connectivity index (χ1n) is 5.43. The fourth-order valence-electron chi connectivity index (χ4n) is 1.30. The average molecular weight is 256 g/mol. The minimum Gasteiger partial charge on any atom is -0.480 e. The number of aliphatic carboxylic acids is 1. The molecule has 1 atom stereocenters. The lowest BCUT2D eigenvalue weighted by Gasteiger charge is -2.12. The first kappa shape index (κ1) is 13.5. The van der Waals surface area contributed by atoms with E-state index in [0.717, 1.165) is 6.42 Å². The third-order valence-corrected chi connectivity index (χ3v) is 3.18. The molecule has 6 heteroatoms. The monoisotopic (exact) mass is 256 g/mol. The largest absolute Gasteiger partial charge is 0.480 e. The van der Waals surface area contributed by atoms with Gasteiger partial charge in [0.2, 0.25) is 0 Å². The van der Waals surface area contributed by atoms with E-state index < -0.39 is 18.0 Å². The molecule has 3 N–H and O–H groups in total. The van der Waals surface area contributed by atoms with E-state index in [2.05, 4.69) is 10.6 Å². The van der Waals surface area contributed by atoms with Crippen LogP contribution >= 0.6 is 11.3 Å². The van der Waals surface area contributed by atoms with E-state index in [1.54, 1.807) is 18.3 Å². The number of amides is 2. The third-order valence-electron chi connectivity index (χ3n) is 2.25. The van der Waals surface area contributed by atoms with Crippen LogP contribution in [-0.2, 0) is 11.2 Å². The number of rotatable bonds is 6. The van der Waals surface area contributed by atoms with E-state index in [1.807, 2.05) is 17.5 Å². The zero-order chi connectivity index (χ0) is 12.7. The number of hydrogen-bond donors (Lipinski definition) is 3. The van der Waals surface area contributed by atoms with E-state index in [4.69, 9.17) is 5.11 Å². The van der Waals surface area contributed by atoms with E-state index >= 15 is 0 Å². The molecule has 0 saturated heterocycles. The van der Waals surface area contributed by atoms with Gasteiger partial charge in [-0.25, -0.2) is 9.59 Å². The number of carboxylic acid groups (broad SMARTS) is 1. The van der Waals surface area contributed by atoms with Gasteiger partial charge in [-0.3, -0.25) is 0 Å². The van der Waals surface area contributed by atoms with Crippen LogP contribution in [0.15, 0.2) is 17.5 Å². The van der Waals surface area contributed by atoms with E-state index in [1.165, 1.54) is 4.88 Å². The number of thiophene rings is 1. The second-order valence-corrected chi connectivity index (χ2v) is 4.56. The SMILES string of the molecule is CC[C@H](NC(=O)NCCc1cccs1)C(=O)O. The maximum atomic E-state index is 11.4. The summed E-state index contributed by atoms with van der Waals surface area (Å²) in [6.45, 7) is 2.22. The molecule has 0 fully saturated rings. The Morgan fingerprint density at radius 2 is 2.29 bits per heavy atom. The van der Waals surface area contributed by atoms with Crippen molar-refractivity contribution in [2.45, 2.75) is 25.8 Å². The van der Waals surface area contributed by atoms with Crippen LogP contribution in [-0.4, -0.2) is 29.7 Å². The molecular formula is C11H16N2O3S. The number of carbonyl (C=O) groups excluding carboxylic acids is 1. The second-order valence-electron chi connectivity index (χ2n) is 3.53. The van der Waals surface area contributed by atoms with Crippen molar-refractivity contribution < 1.29 is 14.7 Å². The molecule has 0 aliphatic carbocycles. The predicted molar refractivity (Wildman–Crippen MR) is 66.3 cm³/mol. The van der Waals surface area contributed by atoms with Gasteiger partial charge in [0, 0.05) is 11.4 Å². The first-order valence-corrected chi connectivity index (χ1v) is 6.31. The van der Waals surface area contributed by atoms with E-state index in [9.17, 15) is 9.59 Å². The molecule has 94 valence electrons. The summed E-state index contributed by atoms with van der Waals surface area (Å²) in [5.41, 5.74) is 0. The molecule has 17 heavy (non-hydrogen) atoms. The Kier molecular flexibility index (Phi) is 5.48. The Labute approximate surface area is 104 Å². The van der Waals surface area contributed by atoms with Gasteiger partial charge in [0.05, 0.1) is 0 Å². The summed E-state index contributed by atoms with van der Waals surface area (Å²) in [6.07, 6.45) is 1.13. The Morgan fingerprint density at radius 3 is 2.82 bits per heavy atom. The van der Waals surface area contributed by atoms with Crippen molar-refractivity contribution in [3.8, 4) is 0 Å². The number of urea groups is 1. The van der Waals surface area contributed by atoms with Gasteiger partial charge in [0.25, 0.3) is 0 Å². The fraction of sp³-hybridized carbons (Fsp3) is 0.455. The summed E-state index contributed by atoms with van der Waals surface area (Å²) >= 11 is 1.63. The first-order chi connectivity index (χ1) is 8.13. The van der Waals surface area contributed by atoms with Crippen molar-refractivity contribution in [1.82, 2.24) is 10.6 Å². The smallest absolute Gasteiger partial charge is 0.326 e. The quantitative estimate of drug-likeness (QED) is 0.721. The highest BCUT2D eigenvalue weighted by Crippen LogP contribution is 2.07. The van der Waals surface area contributed by atoms with Crippen molar-refractivity contribution in [2.24, 2.45) is 0 Å². The molecule has 0 radical (unpaired) electrons. The highest BCUT2D eigenvalue weighted by molar-refractivity contribution is 7.09. The summed E-state index contributed by atoms with van der Waals surface area (Å²) < 4.78 is 0. The maximum Gasteiger partial charge on any atom is 0.326 e. The molecule has 1 rings (SSSR count). The molecule has 1 aromatic heterocycles. The fourth-order valence-corrected chi connectivity index (χ4v) is 2.01. The van der Waals surface area contributed by atoms with Crippen molar-refractivity contribution in [2.75, 3.05) is 6.54 Å². The van der Waals surface area contributed by atoms with Crippen molar-refractivity contribution in [1.29, 1.82) is 0 Å². The lowest BCUT2D eigenvalue weighted by Crippen LogP contribution is -2.46. The maximum absolute atomic E-state index is 11.4. The lowest BCUT2D eigenvalue weighted by molar-refractivity contribution is -0.139. The van der Waals surface area contributed by atoms with Gasteiger partial charge in [0.15, 0.2) is 0 Å². The topological polar surface area (TPSA) is 78.4 Å². The number of nitrogens with one attached hydrogen (secondary N) is 2. The summed E-state index contributed by atoms with van der Waals surface area (Å²) in [4.78, 5) is 23.2. The predicted octanol–water partition coefficient (Wildman–Crippen LogP) is 1.45. The highest BCUT2D eigenvalue weighted by atomic mass is 32.1. The summed E-state index contributed by atoms with van der Waals surface area (Å²) in [5, 5.41) is 15.8. The average Bonchev–Trinajstić information content (AvgIpc) is 2.78. The van der Waals surface area contributed by atoms with E-state index in [0.29, 0.717) is 13.0 Å². The van der Waals surface area contributed by atoms with Crippen molar-refractivity contribution in [3.05, 3.63) is 22.4 Å². The Hall–Kier alpha value is -1.56. The molecule has 0 saturated carbocycles. The van der Waals surface area contributed by atoms with Crippen LogP contribution in [0.4, 0.5) is 4.79 Å². The Bertz CT molecular complexity index is 365. The Balaban J connectivity index is 2.23. The summed E-state index contributed by atoms with van der Waals surface area (Å²) in [5.74, 6) is -1.01. The van der Waals surface area contributed by atoms with Gasteiger partial charge in [-0.2, -0.15) is 0 Å². The van der Waals surface area contributed by atoms with Crippen LogP contribution in [0, 0.1) is 0 Å². The Morgan fingerprint density at radius 1 is 1.53 bits per heavy atom. The zero-order valence-corrected chi connectivity index (χ0v) is 10.4. The van der Waals surface area contributed by atoms with Gasteiger partial charge in [-0.05, 0) is 24.3 Å². The summed E-state index contributed by atoms with van der Waals surface area (Å²) in [7, 11) is 0. The normalized spacial score (nSPS) is 11.8. The van der Waals surface area contributed by atoms with Crippen LogP contribution in [0.2, 0.25) is 0 Å². The third kappa shape index (κ3) is 4.86. The van der Waals surface area contributed by atoms with Crippen LogP contribution < -0.4 is 10.6 Å². The number of carbonyl (C=O) groups is 2.